The van der Waals surface area contributed by atoms with Gasteiger partial charge in [-0.3, -0.25) is 4.98 Å². The van der Waals surface area contributed by atoms with Crippen molar-refractivity contribution in [3.05, 3.63) is 108 Å². The smallest absolute Gasteiger partial charge is 0.170 e. The summed E-state index contributed by atoms with van der Waals surface area (Å²) in [5.41, 5.74) is 4.17. The summed E-state index contributed by atoms with van der Waals surface area (Å²) < 4.78 is 13.2. The molecule has 0 radical (unpaired) electrons. The van der Waals surface area contributed by atoms with Crippen LogP contribution >= 0.6 is 12.2 Å². The summed E-state index contributed by atoms with van der Waals surface area (Å²) in [7, 11) is 3.37. The fourth-order valence-electron chi connectivity index (χ4n) is 4.51. The van der Waals surface area contributed by atoms with Crippen LogP contribution in [0.25, 0.3) is 5.69 Å². The molecule has 0 bridgehead atoms. The maximum Gasteiger partial charge on any atom is 0.170 e. The summed E-state index contributed by atoms with van der Waals surface area (Å²) >= 11 is 5.85. The topological polar surface area (TPSA) is 51.5 Å². The lowest BCUT2D eigenvalue weighted by atomic mass is 10.0. The maximum absolute atomic E-state index is 5.85. The predicted molar refractivity (Wildman–Crippen MR) is 136 cm³/mol. The quantitative estimate of drug-likeness (QED) is 0.381. The Hall–Kier alpha value is -3.84. The summed E-state index contributed by atoms with van der Waals surface area (Å²) in [6.07, 6.45) is 3.89. The van der Waals surface area contributed by atoms with E-state index in [4.69, 9.17) is 21.7 Å². The van der Waals surface area contributed by atoms with Crippen LogP contribution in [0.1, 0.15) is 29.0 Å². The highest BCUT2D eigenvalue weighted by Crippen LogP contribution is 2.41. The van der Waals surface area contributed by atoms with Gasteiger partial charge < -0.3 is 24.3 Å². The van der Waals surface area contributed by atoms with Crippen LogP contribution in [-0.2, 0) is 6.54 Å². The molecule has 34 heavy (non-hydrogen) atoms. The molecule has 0 aliphatic carbocycles. The Balaban J connectivity index is 1.59. The Morgan fingerprint density at radius 2 is 1.71 bits per heavy atom. The van der Waals surface area contributed by atoms with E-state index in [1.807, 2.05) is 54.7 Å². The zero-order valence-corrected chi connectivity index (χ0v) is 19.9. The lowest BCUT2D eigenvalue weighted by Crippen LogP contribution is -2.30. The number of methoxy groups -OCH3 is 2. The number of rotatable bonds is 7. The average molecular weight is 471 g/mol. The fourth-order valence-corrected chi connectivity index (χ4v) is 4.81. The molecule has 2 aromatic carbocycles. The molecule has 1 aliphatic rings. The normalized spacial score (nSPS) is 17.5. The molecule has 2 unspecified atom stereocenters. The first-order valence-electron chi connectivity index (χ1n) is 11.1. The van der Waals surface area contributed by atoms with Gasteiger partial charge in [-0.15, -0.1) is 0 Å². The molecule has 0 spiro atoms. The molecule has 5 rings (SSSR count). The zero-order valence-electron chi connectivity index (χ0n) is 19.1. The molecule has 3 heterocycles. The molecule has 6 nitrogen and oxygen atoms in total. The molecule has 2 atom stereocenters. The molecule has 1 N–H and O–H groups in total. The highest BCUT2D eigenvalue weighted by atomic mass is 32.1. The molecule has 1 fully saturated rings. The van der Waals surface area contributed by atoms with E-state index in [9.17, 15) is 0 Å². The van der Waals surface area contributed by atoms with Gasteiger partial charge >= 0.3 is 0 Å². The molecule has 4 aromatic rings. The van der Waals surface area contributed by atoms with Gasteiger partial charge in [0.1, 0.15) is 11.5 Å². The second-order valence-corrected chi connectivity index (χ2v) is 8.46. The molecule has 172 valence electrons. The van der Waals surface area contributed by atoms with Gasteiger partial charge in [0, 0.05) is 24.6 Å². The summed E-state index contributed by atoms with van der Waals surface area (Å²) in [4.78, 5) is 6.89. The van der Waals surface area contributed by atoms with Crippen LogP contribution < -0.4 is 14.8 Å². The van der Waals surface area contributed by atoms with Crippen molar-refractivity contribution in [3.63, 3.8) is 0 Å². The standard InChI is InChI=1S/C27H26N4O2S/c1-32-20-14-12-19(13-15-20)18-31-26(25(29-27(31)34)21-8-5-6-16-28-21)23-10-7-17-30(23)22-9-3-4-11-24(22)33-2/h3-17,25-26H,18H2,1-2H3,(H,29,34). The number of benzene rings is 2. The monoisotopic (exact) mass is 470 g/mol. The number of nitrogens with one attached hydrogen (secondary N) is 1. The van der Waals surface area contributed by atoms with Crippen molar-refractivity contribution in [1.82, 2.24) is 19.8 Å². The second kappa shape index (κ2) is 9.57. The first-order chi connectivity index (χ1) is 16.7. The minimum absolute atomic E-state index is 0.0792. The third-order valence-corrected chi connectivity index (χ3v) is 6.49. The van der Waals surface area contributed by atoms with Gasteiger partial charge in [0.15, 0.2) is 5.11 Å². The lowest BCUT2D eigenvalue weighted by molar-refractivity contribution is 0.301. The number of hydrogen-bond donors (Lipinski definition) is 1. The van der Waals surface area contributed by atoms with E-state index < -0.39 is 0 Å². The summed E-state index contributed by atoms with van der Waals surface area (Å²) in [5.74, 6) is 1.64. The van der Waals surface area contributed by atoms with Crippen LogP contribution in [0.15, 0.2) is 91.3 Å². The van der Waals surface area contributed by atoms with Crippen molar-refractivity contribution >= 4 is 17.3 Å². The highest BCUT2D eigenvalue weighted by Gasteiger charge is 2.41. The van der Waals surface area contributed by atoms with E-state index in [-0.39, 0.29) is 12.1 Å². The van der Waals surface area contributed by atoms with E-state index in [1.54, 1.807) is 14.2 Å². The Bertz CT molecular complexity index is 1270. The van der Waals surface area contributed by atoms with E-state index in [0.29, 0.717) is 11.7 Å². The van der Waals surface area contributed by atoms with Crippen molar-refractivity contribution in [3.8, 4) is 17.2 Å². The summed E-state index contributed by atoms with van der Waals surface area (Å²) in [5, 5.41) is 4.23. The molecular weight excluding hydrogens is 444 g/mol. The highest BCUT2D eigenvalue weighted by molar-refractivity contribution is 7.80. The van der Waals surface area contributed by atoms with Crippen molar-refractivity contribution in [1.29, 1.82) is 0 Å². The largest absolute Gasteiger partial charge is 0.497 e. The Morgan fingerprint density at radius 3 is 2.44 bits per heavy atom. The molecule has 0 saturated carbocycles. The number of hydrogen-bond acceptors (Lipinski definition) is 4. The first kappa shape index (κ1) is 22.0. The molecular formula is C27H26N4O2S. The number of aromatic nitrogens is 2. The number of pyridine rings is 1. The van der Waals surface area contributed by atoms with E-state index in [1.165, 1.54) is 0 Å². The average Bonchev–Trinajstić information content (AvgIpc) is 3.49. The van der Waals surface area contributed by atoms with Crippen LogP contribution in [0.3, 0.4) is 0 Å². The van der Waals surface area contributed by atoms with Crippen LogP contribution in [0.5, 0.6) is 11.5 Å². The van der Waals surface area contributed by atoms with Gasteiger partial charge in [-0.25, -0.2) is 0 Å². The minimum Gasteiger partial charge on any atom is -0.497 e. The van der Waals surface area contributed by atoms with Crippen LogP contribution in [0.2, 0.25) is 0 Å². The molecule has 0 amide bonds. The van der Waals surface area contributed by atoms with Crippen molar-refractivity contribution in [2.45, 2.75) is 18.6 Å². The summed E-state index contributed by atoms with van der Waals surface area (Å²) in [6, 6.07) is 26.1. The van der Waals surface area contributed by atoms with Crippen LogP contribution in [0, 0.1) is 0 Å². The van der Waals surface area contributed by atoms with Crippen LogP contribution in [0.4, 0.5) is 0 Å². The summed E-state index contributed by atoms with van der Waals surface area (Å²) in [6.45, 7) is 0.654. The van der Waals surface area contributed by atoms with Gasteiger partial charge in [-0.05, 0) is 66.3 Å². The van der Waals surface area contributed by atoms with Crippen molar-refractivity contribution < 1.29 is 9.47 Å². The SMILES string of the molecule is COc1ccc(CN2C(=S)NC(c3ccccn3)C2c2cccn2-c2ccccc2OC)cc1. The third kappa shape index (κ3) is 4.10. The molecule has 1 saturated heterocycles. The second-order valence-electron chi connectivity index (χ2n) is 8.08. The van der Waals surface area contributed by atoms with E-state index >= 15 is 0 Å². The number of thiocarbonyl (C=S) groups is 1. The fraction of sp³-hybridized carbons (Fsp3) is 0.185. The van der Waals surface area contributed by atoms with Gasteiger partial charge in [0.25, 0.3) is 0 Å². The number of ether oxygens (including phenoxy) is 2. The number of para-hydroxylation sites is 2. The molecule has 7 heteroatoms. The number of nitrogens with zero attached hydrogens (tertiary/aromatic N) is 3. The third-order valence-electron chi connectivity index (χ3n) is 6.14. The van der Waals surface area contributed by atoms with Gasteiger partial charge in [0.2, 0.25) is 0 Å². The van der Waals surface area contributed by atoms with Crippen molar-refractivity contribution in [2.75, 3.05) is 14.2 Å². The van der Waals surface area contributed by atoms with Crippen molar-refractivity contribution in [2.24, 2.45) is 0 Å². The predicted octanol–water partition coefficient (Wildman–Crippen LogP) is 5.06. The maximum atomic E-state index is 5.85. The molecule has 2 aromatic heterocycles. The Kier molecular flexibility index (Phi) is 6.18. The van der Waals surface area contributed by atoms with Crippen LogP contribution in [-0.4, -0.2) is 33.8 Å². The van der Waals surface area contributed by atoms with Gasteiger partial charge in [0.05, 0.1) is 37.7 Å². The Labute approximate surface area is 204 Å². The lowest BCUT2D eigenvalue weighted by Gasteiger charge is -2.29. The van der Waals surface area contributed by atoms with E-state index in [0.717, 1.165) is 34.1 Å². The zero-order chi connectivity index (χ0) is 23.5. The van der Waals surface area contributed by atoms with E-state index in [2.05, 4.69) is 56.3 Å². The first-order valence-corrected chi connectivity index (χ1v) is 11.5. The minimum atomic E-state index is -0.102. The van der Waals surface area contributed by atoms with Gasteiger partial charge in [-0.1, -0.05) is 30.3 Å². The Morgan fingerprint density at radius 1 is 0.912 bits per heavy atom. The van der Waals surface area contributed by atoms with Gasteiger partial charge in [-0.2, -0.15) is 0 Å². The molecule has 1 aliphatic heterocycles.